The standard InChI is InChI=1S/C15H18N2O2S2/c18-12-5-2-1-4-10(12)8-16-14(19)11-9-21-15(17-11)13-6-3-7-20-13/h3,6-7,9-10,12,18H,1-2,4-5,8H2,(H,16,19). The van der Waals surface area contributed by atoms with E-state index < -0.39 is 0 Å². The molecule has 21 heavy (non-hydrogen) atoms. The molecule has 0 saturated heterocycles. The fourth-order valence-electron chi connectivity index (χ4n) is 2.63. The third-order valence-electron chi connectivity index (χ3n) is 3.86. The van der Waals surface area contributed by atoms with Crippen molar-refractivity contribution >= 4 is 28.6 Å². The van der Waals surface area contributed by atoms with Crippen LogP contribution in [-0.4, -0.2) is 28.6 Å². The smallest absolute Gasteiger partial charge is 0.270 e. The van der Waals surface area contributed by atoms with Crippen LogP contribution in [0, 0.1) is 5.92 Å². The number of hydrogen-bond donors (Lipinski definition) is 2. The van der Waals surface area contributed by atoms with Gasteiger partial charge in [-0.05, 0) is 24.3 Å². The SMILES string of the molecule is O=C(NCC1CCCCC1O)c1csc(-c2cccs2)n1. The Kier molecular flexibility index (Phi) is 4.67. The predicted molar refractivity (Wildman–Crippen MR) is 85.7 cm³/mol. The summed E-state index contributed by atoms with van der Waals surface area (Å²) < 4.78 is 0. The highest BCUT2D eigenvalue weighted by molar-refractivity contribution is 7.20. The molecule has 3 rings (SSSR count). The topological polar surface area (TPSA) is 62.2 Å². The molecule has 0 bridgehead atoms. The van der Waals surface area contributed by atoms with Gasteiger partial charge in [0.15, 0.2) is 0 Å². The fraction of sp³-hybridized carbons (Fsp3) is 0.467. The quantitative estimate of drug-likeness (QED) is 0.909. The number of nitrogens with one attached hydrogen (secondary N) is 1. The van der Waals surface area contributed by atoms with Crippen molar-refractivity contribution in [2.24, 2.45) is 5.92 Å². The average molecular weight is 322 g/mol. The van der Waals surface area contributed by atoms with E-state index in [9.17, 15) is 9.90 Å². The summed E-state index contributed by atoms with van der Waals surface area (Å²) in [5.74, 6) is 0.0323. The molecule has 1 amide bonds. The van der Waals surface area contributed by atoms with Crippen LogP contribution in [0.25, 0.3) is 9.88 Å². The Bertz CT molecular complexity index is 595. The molecule has 0 aromatic carbocycles. The molecule has 2 aromatic rings. The molecule has 1 saturated carbocycles. The number of nitrogens with zero attached hydrogens (tertiary/aromatic N) is 1. The van der Waals surface area contributed by atoms with Gasteiger partial charge >= 0.3 is 0 Å². The van der Waals surface area contributed by atoms with Gasteiger partial charge in [-0.2, -0.15) is 0 Å². The van der Waals surface area contributed by atoms with Crippen molar-refractivity contribution in [3.63, 3.8) is 0 Å². The van der Waals surface area contributed by atoms with Crippen LogP contribution in [0.5, 0.6) is 0 Å². The minimum absolute atomic E-state index is 0.146. The number of carbonyl (C=O) groups is 1. The lowest BCUT2D eigenvalue weighted by Gasteiger charge is -2.27. The van der Waals surface area contributed by atoms with Crippen molar-refractivity contribution in [1.82, 2.24) is 10.3 Å². The van der Waals surface area contributed by atoms with Gasteiger partial charge in [-0.25, -0.2) is 4.98 Å². The van der Waals surface area contributed by atoms with Crippen molar-refractivity contribution in [3.8, 4) is 9.88 Å². The van der Waals surface area contributed by atoms with Gasteiger partial charge in [0.25, 0.3) is 5.91 Å². The molecule has 2 aromatic heterocycles. The van der Waals surface area contributed by atoms with E-state index in [-0.39, 0.29) is 17.9 Å². The monoisotopic (exact) mass is 322 g/mol. The number of rotatable bonds is 4. The first-order valence-corrected chi connectivity index (χ1v) is 8.95. The molecule has 2 atom stereocenters. The number of aliphatic hydroxyl groups is 1. The zero-order valence-corrected chi connectivity index (χ0v) is 13.3. The first kappa shape index (κ1) is 14.7. The molecule has 1 aliphatic carbocycles. The predicted octanol–water partition coefficient (Wildman–Crippen LogP) is 3.15. The molecule has 6 heteroatoms. The van der Waals surface area contributed by atoms with Crippen molar-refractivity contribution < 1.29 is 9.90 Å². The number of aliphatic hydroxyl groups excluding tert-OH is 1. The largest absolute Gasteiger partial charge is 0.393 e. The summed E-state index contributed by atoms with van der Waals surface area (Å²) in [7, 11) is 0. The van der Waals surface area contributed by atoms with Gasteiger partial charge in [-0.15, -0.1) is 22.7 Å². The van der Waals surface area contributed by atoms with E-state index in [2.05, 4.69) is 10.3 Å². The summed E-state index contributed by atoms with van der Waals surface area (Å²) in [5.41, 5.74) is 0.466. The Morgan fingerprint density at radius 3 is 3.00 bits per heavy atom. The zero-order chi connectivity index (χ0) is 14.7. The second-order valence-electron chi connectivity index (χ2n) is 5.34. The Hall–Kier alpha value is -1.24. The molecule has 2 N–H and O–H groups in total. The minimum Gasteiger partial charge on any atom is -0.393 e. The molecule has 2 heterocycles. The first-order chi connectivity index (χ1) is 10.2. The molecule has 1 aliphatic rings. The van der Waals surface area contributed by atoms with Gasteiger partial charge in [0.05, 0.1) is 11.0 Å². The lowest BCUT2D eigenvalue weighted by molar-refractivity contribution is 0.0662. The maximum Gasteiger partial charge on any atom is 0.270 e. The summed E-state index contributed by atoms with van der Waals surface area (Å²) in [4.78, 5) is 17.6. The van der Waals surface area contributed by atoms with E-state index in [1.54, 1.807) is 16.7 Å². The van der Waals surface area contributed by atoms with E-state index >= 15 is 0 Å². The number of amides is 1. The number of carbonyl (C=O) groups excluding carboxylic acids is 1. The van der Waals surface area contributed by atoms with Crippen LogP contribution in [0.1, 0.15) is 36.2 Å². The van der Waals surface area contributed by atoms with Gasteiger partial charge in [0.1, 0.15) is 10.7 Å². The lowest BCUT2D eigenvalue weighted by atomic mass is 9.86. The van der Waals surface area contributed by atoms with Crippen molar-refractivity contribution in [2.45, 2.75) is 31.8 Å². The summed E-state index contributed by atoms with van der Waals surface area (Å²) in [6.07, 6.45) is 3.77. The second-order valence-corrected chi connectivity index (χ2v) is 7.14. The van der Waals surface area contributed by atoms with Gasteiger partial charge in [-0.3, -0.25) is 4.79 Å². The third kappa shape index (κ3) is 3.51. The van der Waals surface area contributed by atoms with Crippen LogP contribution in [0.15, 0.2) is 22.9 Å². The normalized spacial score (nSPS) is 22.1. The Labute approximate surface area is 131 Å². The van der Waals surface area contributed by atoms with Gasteiger partial charge < -0.3 is 10.4 Å². The molecular formula is C15H18N2O2S2. The molecule has 4 nitrogen and oxygen atoms in total. The maximum absolute atomic E-state index is 12.1. The van der Waals surface area contributed by atoms with E-state index in [1.165, 1.54) is 11.3 Å². The lowest BCUT2D eigenvalue weighted by Crippen LogP contribution is -2.36. The van der Waals surface area contributed by atoms with E-state index in [0.717, 1.165) is 35.6 Å². The van der Waals surface area contributed by atoms with Crippen LogP contribution in [0.4, 0.5) is 0 Å². The Morgan fingerprint density at radius 2 is 2.24 bits per heavy atom. The highest BCUT2D eigenvalue weighted by Crippen LogP contribution is 2.28. The van der Waals surface area contributed by atoms with E-state index in [4.69, 9.17) is 0 Å². The van der Waals surface area contributed by atoms with Crippen molar-refractivity contribution in [1.29, 1.82) is 0 Å². The number of thiophene rings is 1. The summed E-state index contributed by atoms with van der Waals surface area (Å²) in [6, 6.07) is 3.98. The van der Waals surface area contributed by atoms with Crippen LogP contribution < -0.4 is 5.32 Å². The summed E-state index contributed by atoms with van der Waals surface area (Å²) in [5, 5.41) is 17.5. The van der Waals surface area contributed by atoms with Crippen LogP contribution >= 0.6 is 22.7 Å². The molecule has 112 valence electrons. The highest BCUT2D eigenvalue weighted by Gasteiger charge is 2.23. The average Bonchev–Trinajstić information content (AvgIpc) is 3.16. The minimum atomic E-state index is -0.281. The summed E-state index contributed by atoms with van der Waals surface area (Å²) in [6.45, 7) is 0.534. The molecule has 2 unspecified atom stereocenters. The Balaban J connectivity index is 1.58. The number of thiazole rings is 1. The summed E-state index contributed by atoms with van der Waals surface area (Å²) >= 11 is 3.11. The third-order valence-corrected chi connectivity index (χ3v) is 5.74. The zero-order valence-electron chi connectivity index (χ0n) is 11.6. The molecule has 0 radical (unpaired) electrons. The molecule has 0 aliphatic heterocycles. The Morgan fingerprint density at radius 1 is 1.38 bits per heavy atom. The maximum atomic E-state index is 12.1. The van der Waals surface area contributed by atoms with Crippen molar-refractivity contribution in [2.75, 3.05) is 6.54 Å². The van der Waals surface area contributed by atoms with Crippen LogP contribution in [-0.2, 0) is 0 Å². The first-order valence-electron chi connectivity index (χ1n) is 7.19. The molecule has 1 fully saturated rings. The molecule has 0 spiro atoms. The van der Waals surface area contributed by atoms with E-state index in [0.29, 0.717) is 12.2 Å². The number of hydrogen-bond acceptors (Lipinski definition) is 5. The van der Waals surface area contributed by atoms with Crippen LogP contribution in [0.3, 0.4) is 0 Å². The molecular weight excluding hydrogens is 304 g/mol. The van der Waals surface area contributed by atoms with E-state index in [1.807, 2.05) is 17.5 Å². The highest BCUT2D eigenvalue weighted by atomic mass is 32.1. The van der Waals surface area contributed by atoms with Gasteiger partial charge in [-0.1, -0.05) is 18.9 Å². The van der Waals surface area contributed by atoms with Crippen molar-refractivity contribution in [3.05, 3.63) is 28.6 Å². The van der Waals surface area contributed by atoms with Gasteiger partial charge in [0.2, 0.25) is 0 Å². The van der Waals surface area contributed by atoms with Crippen LogP contribution in [0.2, 0.25) is 0 Å². The van der Waals surface area contributed by atoms with Gasteiger partial charge in [0, 0.05) is 17.8 Å². The second kappa shape index (κ2) is 6.68. The number of aromatic nitrogens is 1. The fourth-order valence-corrected chi connectivity index (χ4v) is 4.25.